The summed E-state index contributed by atoms with van der Waals surface area (Å²) in [5.41, 5.74) is 4.70. The van der Waals surface area contributed by atoms with Gasteiger partial charge in [0.15, 0.2) is 5.82 Å². The summed E-state index contributed by atoms with van der Waals surface area (Å²) in [4.78, 5) is 36.2. The number of likely N-dealkylation sites (N-methyl/N-ethyl adjacent to an activating group) is 1. The van der Waals surface area contributed by atoms with E-state index in [-0.39, 0.29) is 12.5 Å². The monoisotopic (exact) mass is 389 g/mol. The first-order valence-corrected chi connectivity index (χ1v) is 9.75. The molecule has 1 aliphatic carbocycles. The fourth-order valence-corrected chi connectivity index (χ4v) is 3.51. The van der Waals surface area contributed by atoms with Crippen molar-refractivity contribution in [2.75, 3.05) is 23.8 Å². The molecule has 0 aliphatic heterocycles. The van der Waals surface area contributed by atoms with Crippen LogP contribution in [0.25, 0.3) is 11.5 Å². The third-order valence-corrected chi connectivity index (χ3v) is 4.96. The van der Waals surface area contributed by atoms with Crippen LogP contribution in [-0.4, -0.2) is 44.4 Å². The molecule has 4 rings (SSSR count). The van der Waals surface area contributed by atoms with Crippen LogP contribution in [0.1, 0.15) is 30.2 Å². The van der Waals surface area contributed by atoms with Crippen LogP contribution in [0.4, 0.5) is 11.5 Å². The van der Waals surface area contributed by atoms with Crippen molar-refractivity contribution in [3.63, 3.8) is 0 Å². The molecular formula is C21H23N7O. The first-order chi connectivity index (χ1) is 14.1. The van der Waals surface area contributed by atoms with E-state index in [9.17, 15) is 4.79 Å². The third-order valence-electron chi connectivity index (χ3n) is 4.96. The van der Waals surface area contributed by atoms with Gasteiger partial charge in [-0.15, -0.1) is 0 Å². The van der Waals surface area contributed by atoms with Crippen molar-refractivity contribution in [1.82, 2.24) is 24.9 Å². The smallest absolute Gasteiger partial charge is 0.244 e. The Balaban J connectivity index is 1.60. The Kier molecular flexibility index (Phi) is 5.41. The molecule has 3 aromatic rings. The number of carbonyl (C=O) groups excluding carboxylic acids is 1. The number of nitrogens with zero attached hydrogens (tertiary/aromatic N) is 6. The Morgan fingerprint density at radius 1 is 1.21 bits per heavy atom. The molecule has 29 heavy (non-hydrogen) atoms. The minimum Gasteiger partial charge on any atom is -0.350 e. The first kappa shape index (κ1) is 18.9. The largest absolute Gasteiger partial charge is 0.350 e. The number of amides is 1. The molecule has 148 valence electrons. The van der Waals surface area contributed by atoms with E-state index in [1.165, 1.54) is 11.9 Å². The van der Waals surface area contributed by atoms with E-state index in [1.54, 1.807) is 18.6 Å². The van der Waals surface area contributed by atoms with E-state index in [4.69, 9.17) is 9.97 Å². The highest BCUT2D eigenvalue weighted by Crippen LogP contribution is 2.30. The van der Waals surface area contributed by atoms with Crippen LogP contribution in [-0.2, 0) is 24.1 Å². The van der Waals surface area contributed by atoms with Crippen molar-refractivity contribution >= 4 is 17.4 Å². The first-order valence-electron chi connectivity index (χ1n) is 9.75. The van der Waals surface area contributed by atoms with Crippen LogP contribution >= 0.6 is 0 Å². The molecule has 0 saturated carbocycles. The van der Waals surface area contributed by atoms with Gasteiger partial charge < -0.3 is 10.2 Å². The van der Waals surface area contributed by atoms with Gasteiger partial charge in [-0.1, -0.05) is 6.92 Å². The van der Waals surface area contributed by atoms with Crippen molar-refractivity contribution < 1.29 is 4.79 Å². The number of pyridine rings is 1. The average molecular weight is 389 g/mol. The predicted octanol–water partition coefficient (Wildman–Crippen LogP) is 2.45. The minimum absolute atomic E-state index is 0.152. The number of fused-ring (bicyclic) bond motifs is 1. The summed E-state index contributed by atoms with van der Waals surface area (Å²) >= 11 is 0. The number of hydrogen-bond acceptors (Lipinski definition) is 7. The molecule has 0 aromatic carbocycles. The number of anilines is 2. The summed E-state index contributed by atoms with van der Waals surface area (Å²) in [5.74, 6) is 1.26. The molecule has 0 radical (unpaired) electrons. The lowest BCUT2D eigenvalue weighted by Crippen LogP contribution is -2.31. The van der Waals surface area contributed by atoms with Gasteiger partial charge in [-0.2, -0.15) is 0 Å². The summed E-state index contributed by atoms with van der Waals surface area (Å²) in [6.07, 6.45) is 10.2. The number of hydrogen-bond donors (Lipinski definition) is 1. The fourth-order valence-electron chi connectivity index (χ4n) is 3.51. The molecule has 1 amide bonds. The summed E-state index contributed by atoms with van der Waals surface area (Å²) in [6.45, 7) is 2.28. The molecule has 8 nitrogen and oxygen atoms in total. The van der Waals surface area contributed by atoms with Gasteiger partial charge in [-0.3, -0.25) is 9.78 Å². The van der Waals surface area contributed by atoms with E-state index in [0.29, 0.717) is 11.5 Å². The maximum absolute atomic E-state index is 12.5. The lowest BCUT2D eigenvalue weighted by atomic mass is 10.1. The standard InChI is InChI=1S/C21H23N7O/c1-3-14-7-8-24-18(9-14)20-26-17-6-4-5-16(17)21(27-20)28(2)12-19(29)25-15-10-22-13-23-11-15/h7-11,13H,3-6,12H2,1-2H3,(H,25,29). The number of aryl methyl sites for hydroxylation is 2. The molecule has 0 unspecified atom stereocenters. The van der Waals surface area contributed by atoms with Crippen LogP contribution in [0.5, 0.6) is 0 Å². The van der Waals surface area contributed by atoms with E-state index in [1.807, 2.05) is 24.1 Å². The van der Waals surface area contributed by atoms with Crippen LogP contribution in [0.3, 0.4) is 0 Å². The second kappa shape index (κ2) is 8.30. The SMILES string of the molecule is CCc1ccnc(-c2nc3c(c(N(C)CC(=O)Nc4cncnc4)n2)CCC3)c1. The van der Waals surface area contributed by atoms with Gasteiger partial charge in [0.05, 0.1) is 24.6 Å². The molecule has 0 bridgehead atoms. The maximum atomic E-state index is 12.5. The van der Waals surface area contributed by atoms with Crippen molar-refractivity contribution in [1.29, 1.82) is 0 Å². The lowest BCUT2D eigenvalue weighted by molar-refractivity contribution is -0.114. The molecule has 1 N–H and O–H groups in total. The number of carbonyl (C=O) groups is 1. The lowest BCUT2D eigenvalue weighted by Gasteiger charge is -2.21. The Morgan fingerprint density at radius 2 is 2.03 bits per heavy atom. The van der Waals surface area contributed by atoms with Gasteiger partial charge in [0.25, 0.3) is 0 Å². The maximum Gasteiger partial charge on any atom is 0.244 e. The van der Waals surface area contributed by atoms with Crippen LogP contribution in [0.2, 0.25) is 0 Å². The van der Waals surface area contributed by atoms with Crippen LogP contribution in [0, 0.1) is 0 Å². The highest BCUT2D eigenvalue weighted by molar-refractivity contribution is 5.93. The minimum atomic E-state index is -0.152. The van der Waals surface area contributed by atoms with E-state index < -0.39 is 0 Å². The highest BCUT2D eigenvalue weighted by atomic mass is 16.2. The summed E-state index contributed by atoms with van der Waals surface area (Å²) in [5, 5.41) is 2.81. The normalized spacial score (nSPS) is 12.5. The van der Waals surface area contributed by atoms with Gasteiger partial charge >= 0.3 is 0 Å². The topological polar surface area (TPSA) is 96.8 Å². The van der Waals surface area contributed by atoms with Gasteiger partial charge in [-0.05, 0) is 43.4 Å². The zero-order valence-electron chi connectivity index (χ0n) is 16.6. The Hall–Kier alpha value is -3.42. The van der Waals surface area contributed by atoms with Gasteiger partial charge in [-0.25, -0.2) is 19.9 Å². The third kappa shape index (κ3) is 4.21. The Bertz CT molecular complexity index is 1020. The van der Waals surface area contributed by atoms with E-state index >= 15 is 0 Å². The summed E-state index contributed by atoms with van der Waals surface area (Å²) < 4.78 is 0. The number of aromatic nitrogens is 5. The van der Waals surface area contributed by atoms with Gasteiger partial charge in [0.2, 0.25) is 5.91 Å². The van der Waals surface area contributed by atoms with Crippen molar-refractivity contribution in [3.05, 3.63) is 53.9 Å². The molecule has 3 heterocycles. The summed E-state index contributed by atoms with van der Waals surface area (Å²) in [6, 6.07) is 4.03. The zero-order valence-corrected chi connectivity index (χ0v) is 16.6. The molecule has 3 aromatic heterocycles. The molecule has 0 saturated heterocycles. The predicted molar refractivity (Wildman–Crippen MR) is 111 cm³/mol. The van der Waals surface area contributed by atoms with Gasteiger partial charge in [0, 0.05) is 24.5 Å². The van der Waals surface area contributed by atoms with Gasteiger partial charge in [0.1, 0.15) is 17.8 Å². The molecule has 0 spiro atoms. The van der Waals surface area contributed by atoms with Crippen molar-refractivity contribution in [3.8, 4) is 11.5 Å². The zero-order chi connectivity index (χ0) is 20.2. The number of rotatable bonds is 6. The van der Waals surface area contributed by atoms with Crippen LogP contribution < -0.4 is 10.2 Å². The average Bonchev–Trinajstić information content (AvgIpc) is 3.22. The van der Waals surface area contributed by atoms with Crippen molar-refractivity contribution in [2.24, 2.45) is 0 Å². The second-order valence-electron chi connectivity index (χ2n) is 7.08. The Labute approximate surface area is 169 Å². The quantitative estimate of drug-likeness (QED) is 0.692. The van der Waals surface area contributed by atoms with Crippen LogP contribution in [0.15, 0.2) is 37.1 Å². The summed E-state index contributed by atoms with van der Waals surface area (Å²) in [7, 11) is 1.88. The number of nitrogens with one attached hydrogen (secondary N) is 1. The molecule has 8 heteroatoms. The van der Waals surface area contributed by atoms with Crippen molar-refractivity contribution in [2.45, 2.75) is 32.6 Å². The molecule has 0 fully saturated rings. The molecule has 0 atom stereocenters. The van der Waals surface area contributed by atoms with E-state index in [0.717, 1.165) is 48.5 Å². The Morgan fingerprint density at radius 3 is 2.83 bits per heavy atom. The molecular weight excluding hydrogens is 366 g/mol. The second-order valence-corrected chi connectivity index (χ2v) is 7.08. The van der Waals surface area contributed by atoms with E-state index in [2.05, 4.69) is 27.2 Å². The fraction of sp³-hybridized carbons (Fsp3) is 0.333. The highest BCUT2D eigenvalue weighted by Gasteiger charge is 2.23. The molecule has 1 aliphatic rings.